The lowest BCUT2D eigenvalue weighted by Gasteiger charge is -2.13. The van der Waals surface area contributed by atoms with Crippen LogP contribution in [0.2, 0.25) is 0 Å². The van der Waals surface area contributed by atoms with Crippen molar-refractivity contribution in [3.05, 3.63) is 59.4 Å². The normalized spacial score (nSPS) is 13.3. The van der Waals surface area contributed by atoms with Crippen molar-refractivity contribution in [3.63, 3.8) is 0 Å². The molecule has 29 heavy (non-hydrogen) atoms. The van der Waals surface area contributed by atoms with Gasteiger partial charge in [-0.3, -0.25) is 4.79 Å². The van der Waals surface area contributed by atoms with Gasteiger partial charge in [0, 0.05) is 24.6 Å². The molecule has 7 nitrogen and oxygen atoms in total. The third-order valence-corrected chi connectivity index (χ3v) is 4.68. The quantitative estimate of drug-likeness (QED) is 0.519. The Balaban J connectivity index is 1.49. The molecule has 0 atom stereocenters. The number of anilines is 2. The average Bonchev–Trinajstić information content (AvgIpc) is 2.75. The number of ether oxygens (including phenoxy) is 1. The zero-order valence-corrected chi connectivity index (χ0v) is 16.6. The van der Waals surface area contributed by atoms with Gasteiger partial charge in [0.15, 0.2) is 0 Å². The van der Waals surface area contributed by atoms with Gasteiger partial charge in [-0.2, -0.15) is 0 Å². The first-order valence-corrected chi connectivity index (χ1v) is 9.98. The third-order valence-electron chi connectivity index (χ3n) is 4.68. The number of benzene rings is 1. The smallest absolute Gasteiger partial charge is 0.338 e. The number of nitrogens with zero attached hydrogens (tertiary/aromatic N) is 2. The summed E-state index contributed by atoms with van der Waals surface area (Å²) in [6, 6.07) is 6.83. The summed E-state index contributed by atoms with van der Waals surface area (Å²) in [5, 5.41) is 5.96. The van der Waals surface area contributed by atoms with Crippen LogP contribution in [-0.4, -0.2) is 35.0 Å². The molecule has 0 aliphatic heterocycles. The largest absolute Gasteiger partial charge is 0.462 e. The number of aromatic nitrogens is 2. The molecule has 7 heteroatoms. The number of allylic oxidation sites excluding steroid dienone is 1. The Morgan fingerprint density at radius 3 is 2.48 bits per heavy atom. The molecule has 2 N–H and O–H groups in total. The maximum atomic E-state index is 12.2. The lowest BCUT2D eigenvalue weighted by Crippen LogP contribution is -2.25. The topological polar surface area (TPSA) is 93.2 Å². The van der Waals surface area contributed by atoms with Crippen LogP contribution in [0.1, 0.15) is 59.7 Å². The van der Waals surface area contributed by atoms with Crippen molar-refractivity contribution in [3.8, 4) is 0 Å². The molecule has 2 aromatic rings. The second kappa shape index (κ2) is 10.4. The summed E-state index contributed by atoms with van der Waals surface area (Å²) in [4.78, 5) is 32.3. The zero-order valence-electron chi connectivity index (χ0n) is 16.6. The number of hydrogen-bond donors (Lipinski definition) is 2. The van der Waals surface area contributed by atoms with E-state index in [2.05, 4.69) is 26.7 Å². The van der Waals surface area contributed by atoms with Crippen LogP contribution in [0.15, 0.2) is 48.3 Å². The van der Waals surface area contributed by atoms with Crippen molar-refractivity contribution in [1.29, 1.82) is 0 Å². The average molecular weight is 394 g/mol. The van der Waals surface area contributed by atoms with E-state index in [0.29, 0.717) is 30.2 Å². The lowest BCUT2D eigenvalue weighted by molar-refractivity contribution is 0.0526. The van der Waals surface area contributed by atoms with Gasteiger partial charge in [-0.15, -0.1) is 0 Å². The van der Waals surface area contributed by atoms with Gasteiger partial charge < -0.3 is 15.4 Å². The van der Waals surface area contributed by atoms with Crippen molar-refractivity contribution in [2.45, 2.75) is 39.0 Å². The molecular formula is C22H26N4O3. The minimum Gasteiger partial charge on any atom is -0.462 e. The van der Waals surface area contributed by atoms with Crippen LogP contribution >= 0.6 is 0 Å². The molecule has 0 bridgehead atoms. The second-order valence-corrected chi connectivity index (χ2v) is 6.83. The summed E-state index contributed by atoms with van der Waals surface area (Å²) in [6.07, 6.45) is 11.0. The van der Waals surface area contributed by atoms with Crippen LogP contribution in [0, 0.1) is 0 Å². The molecule has 1 aliphatic rings. The van der Waals surface area contributed by atoms with Gasteiger partial charge in [0.25, 0.3) is 5.91 Å². The summed E-state index contributed by atoms with van der Waals surface area (Å²) in [7, 11) is 0. The standard InChI is InChI=1S/C22H26N4O3/c1-2-29-21(28)17-8-10-19(11-9-17)26-22-24-14-18(15-25-22)20(27)23-13-12-16-6-4-3-5-7-16/h6,8-11,14-15H,2-5,7,12-13H2,1H3,(H,23,27)(H,24,25,26). The fourth-order valence-electron chi connectivity index (χ4n) is 3.11. The Labute approximate surface area is 170 Å². The second-order valence-electron chi connectivity index (χ2n) is 6.83. The predicted octanol–water partition coefficient (Wildman–Crippen LogP) is 4.02. The highest BCUT2D eigenvalue weighted by molar-refractivity contribution is 5.93. The molecule has 0 radical (unpaired) electrons. The van der Waals surface area contributed by atoms with Crippen LogP contribution in [0.3, 0.4) is 0 Å². The third kappa shape index (κ3) is 6.14. The van der Waals surface area contributed by atoms with E-state index in [0.717, 1.165) is 24.9 Å². The van der Waals surface area contributed by atoms with Gasteiger partial charge in [0.1, 0.15) is 0 Å². The molecule has 0 saturated heterocycles. The summed E-state index contributed by atoms with van der Waals surface area (Å²) < 4.78 is 4.96. The Kier molecular flexibility index (Phi) is 7.33. The van der Waals surface area contributed by atoms with Gasteiger partial charge in [0.2, 0.25) is 5.95 Å². The number of amides is 1. The van der Waals surface area contributed by atoms with Crippen molar-refractivity contribution in [1.82, 2.24) is 15.3 Å². The number of nitrogens with one attached hydrogen (secondary N) is 2. The van der Waals surface area contributed by atoms with Crippen LogP contribution in [0.5, 0.6) is 0 Å². The van der Waals surface area contributed by atoms with E-state index in [4.69, 9.17) is 4.74 Å². The minimum absolute atomic E-state index is 0.174. The first-order chi connectivity index (χ1) is 14.2. The number of carbonyl (C=O) groups excluding carboxylic acids is 2. The van der Waals surface area contributed by atoms with Crippen LogP contribution in [0.25, 0.3) is 0 Å². The van der Waals surface area contributed by atoms with Gasteiger partial charge in [-0.05, 0) is 63.3 Å². The van der Waals surface area contributed by atoms with Crippen molar-refractivity contribution in [2.24, 2.45) is 0 Å². The molecule has 1 heterocycles. The molecular weight excluding hydrogens is 368 g/mol. The molecule has 1 amide bonds. The summed E-state index contributed by atoms with van der Waals surface area (Å²) in [5.41, 5.74) is 3.07. The monoisotopic (exact) mass is 394 g/mol. The number of rotatable bonds is 8. The van der Waals surface area contributed by atoms with Crippen molar-refractivity contribution >= 4 is 23.5 Å². The van der Waals surface area contributed by atoms with Gasteiger partial charge in [-0.1, -0.05) is 11.6 Å². The fourth-order valence-corrected chi connectivity index (χ4v) is 3.11. The van der Waals surface area contributed by atoms with Crippen molar-refractivity contribution < 1.29 is 14.3 Å². The maximum Gasteiger partial charge on any atom is 0.338 e. The molecule has 0 saturated carbocycles. The van der Waals surface area contributed by atoms with E-state index in [1.165, 1.54) is 30.8 Å². The molecule has 1 aromatic carbocycles. The minimum atomic E-state index is -0.356. The number of hydrogen-bond acceptors (Lipinski definition) is 6. The van der Waals surface area contributed by atoms with E-state index < -0.39 is 0 Å². The zero-order chi connectivity index (χ0) is 20.5. The van der Waals surface area contributed by atoms with Crippen LogP contribution in [0.4, 0.5) is 11.6 Å². The SMILES string of the molecule is CCOC(=O)c1ccc(Nc2ncc(C(=O)NCCC3=CCCCC3)cn2)cc1. The highest BCUT2D eigenvalue weighted by Crippen LogP contribution is 2.19. The highest BCUT2D eigenvalue weighted by atomic mass is 16.5. The van der Waals surface area contributed by atoms with E-state index >= 15 is 0 Å². The van der Waals surface area contributed by atoms with E-state index in [1.54, 1.807) is 31.2 Å². The lowest BCUT2D eigenvalue weighted by atomic mass is 9.97. The molecule has 0 spiro atoms. The van der Waals surface area contributed by atoms with Crippen LogP contribution in [-0.2, 0) is 4.74 Å². The van der Waals surface area contributed by atoms with Gasteiger partial charge >= 0.3 is 5.97 Å². The summed E-state index contributed by atoms with van der Waals surface area (Å²) in [6.45, 7) is 2.73. The Bertz CT molecular complexity index is 861. The maximum absolute atomic E-state index is 12.2. The Morgan fingerprint density at radius 2 is 1.83 bits per heavy atom. The van der Waals surface area contributed by atoms with Gasteiger partial charge in [0.05, 0.1) is 17.7 Å². The molecule has 3 rings (SSSR count). The molecule has 0 unspecified atom stereocenters. The van der Waals surface area contributed by atoms with Crippen molar-refractivity contribution in [2.75, 3.05) is 18.5 Å². The van der Waals surface area contributed by atoms with E-state index in [1.807, 2.05) is 0 Å². The van der Waals surface area contributed by atoms with E-state index in [-0.39, 0.29) is 11.9 Å². The molecule has 0 fully saturated rings. The van der Waals surface area contributed by atoms with Gasteiger partial charge in [-0.25, -0.2) is 14.8 Å². The Morgan fingerprint density at radius 1 is 1.07 bits per heavy atom. The predicted molar refractivity (Wildman–Crippen MR) is 111 cm³/mol. The Hall–Kier alpha value is -3.22. The number of carbonyl (C=O) groups is 2. The molecule has 1 aliphatic carbocycles. The van der Waals surface area contributed by atoms with Crippen LogP contribution < -0.4 is 10.6 Å². The first-order valence-electron chi connectivity index (χ1n) is 9.98. The fraction of sp³-hybridized carbons (Fsp3) is 0.364. The highest BCUT2D eigenvalue weighted by Gasteiger charge is 2.09. The number of esters is 1. The summed E-state index contributed by atoms with van der Waals surface area (Å²) >= 11 is 0. The summed E-state index contributed by atoms with van der Waals surface area (Å²) in [5.74, 6) is -0.157. The molecule has 152 valence electrons. The first kappa shape index (κ1) is 20.5. The van der Waals surface area contributed by atoms with E-state index in [9.17, 15) is 9.59 Å². The molecule has 1 aromatic heterocycles.